The molecule has 0 radical (unpaired) electrons. The molecular formula is C24H39BN4O8S. The van der Waals surface area contributed by atoms with Crippen LogP contribution in [0.1, 0.15) is 45.4 Å². The molecule has 1 aromatic carbocycles. The summed E-state index contributed by atoms with van der Waals surface area (Å²) in [6.45, 7) is 10.0. The lowest BCUT2D eigenvalue weighted by molar-refractivity contribution is -0.157. The van der Waals surface area contributed by atoms with Gasteiger partial charge >= 0.3 is 13.0 Å². The Labute approximate surface area is 225 Å². The van der Waals surface area contributed by atoms with Crippen LogP contribution in [-0.2, 0) is 48.1 Å². The number of carbonyl (C=O) groups excluding carboxylic acids is 1. The number of nitrogens with zero attached hydrogens (tertiary/aromatic N) is 3. The van der Waals surface area contributed by atoms with Gasteiger partial charge in [-0.05, 0) is 65.1 Å². The van der Waals surface area contributed by atoms with Gasteiger partial charge in [-0.2, -0.15) is 8.42 Å². The van der Waals surface area contributed by atoms with E-state index >= 15 is 0 Å². The molecule has 0 aliphatic carbocycles. The number of nitrogens with one attached hydrogen (secondary N) is 1. The molecule has 0 aliphatic heterocycles. The van der Waals surface area contributed by atoms with E-state index in [1.54, 1.807) is 55.9 Å². The van der Waals surface area contributed by atoms with Gasteiger partial charge in [0.05, 0.1) is 18.6 Å². The van der Waals surface area contributed by atoms with Crippen LogP contribution in [0, 0.1) is 0 Å². The van der Waals surface area contributed by atoms with E-state index in [0.717, 1.165) is 5.56 Å². The second kappa shape index (κ2) is 15.2. The Bertz CT molecular complexity index is 1090. The molecule has 0 saturated heterocycles. The molecule has 2 rings (SSSR count). The SMILES string of the molecule is CCOCc1cn(CCCS(=O)(=O)OCCOc2ccc(CC(NB(C)O)C(=O)OC(C)(C)C)cc2)nn1. The maximum Gasteiger partial charge on any atom is 0.374 e. The predicted octanol–water partition coefficient (Wildman–Crippen LogP) is 1.58. The number of hydrogen-bond acceptors (Lipinski definition) is 11. The summed E-state index contributed by atoms with van der Waals surface area (Å²) in [4.78, 5) is 12.5. The van der Waals surface area contributed by atoms with Crippen molar-refractivity contribution in [2.45, 2.75) is 72.2 Å². The minimum atomic E-state index is -3.70. The summed E-state index contributed by atoms with van der Waals surface area (Å²) in [5, 5.41) is 20.4. The third-order valence-corrected chi connectivity index (χ3v) is 6.25. The van der Waals surface area contributed by atoms with Crippen LogP contribution in [0.3, 0.4) is 0 Å². The molecule has 1 aromatic heterocycles. The molecule has 1 unspecified atom stereocenters. The van der Waals surface area contributed by atoms with E-state index in [1.165, 1.54) is 6.82 Å². The van der Waals surface area contributed by atoms with Crippen LogP contribution in [0.2, 0.25) is 6.82 Å². The summed E-state index contributed by atoms with van der Waals surface area (Å²) >= 11 is 0. The van der Waals surface area contributed by atoms with Gasteiger partial charge in [0.1, 0.15) is 36.3 Å². The fourth-order valence-electron chi connectivity index (χ4n) is 3.34. The molecule has 2 N–H and O–H groups in total. The summed E-state index contributed by atoms with van der Waals surface area (Å²) < 4.78 is 47.2. The van der Waals surface area contributed by atoms with E-state index in [1.807, 2.05) is 6.92 Å². The third kappa shape index (κ3) is 12.8. The maximum atomic E-state index is 12.5. The van der Waals surface area contributed by atoms with Gasteiger partial charge in [-0.3, -0.25) is 13.7 Å². The molecule has 0 bridgehead atoms. The summed E-state index contributed by atoms with van der Waals surface area (Å²) in [7, 11) is -4.58. The zero-order chi connectivity index (χ0) is 28.2. The van der Waals surface area contributed by atoms with Crippen LogP contribution in [0.25, 0.3) is 0 Å². The first-order chi connectivity index (χ1) is 17.9. The van der Waals surface area contributed by atoms with Crippen molar-refractivity contribution in [1.29, 1.82) is 0 Å². The van der Waals surface area contributed by atoms with E-state index in [-0.39, 0.29) is 19.0 Å². The van der Waals surface area contributed by atoms with E-state index in [0.29, 0.717) is 44.0 Å². The van der Waals surface area contributed by atoms with Crippen LogP contribution in [0.15, 0.2) is 30.5 Å². The lowest BCUT2D eigenvalue weighted by atomic mass is 9.86. The lowest BCUT2D eigenvalue weighted by Crippen LogP contribution is -2.48. The molecule has 1 atom stereocenters. The van der Waals surface area contributed by atoms with Gasteiger partial charge in [0.2, 0.25) is 0 Å². The fraction of sp³-hybridized carbons (Fsp3) is 0.625. The van der Waals surface area contributed by atoms with Crippen LogP contribution in [0.5, 0.6) is 5.75 Å². The van der Waals surface area contributed by atoms with Crippen molar-refractivity contribution in [3.8, 4) is 5.75 Å². The number of carbonyl (C=O) groups is 1. The summed E-state index contributed by atoms with van der Waals surface area (Å²) in [5.41, 5.74) is 0.876. The van der Waals surface area contributed by atoms with Crippen LogP contribution in [0.4, 0.5) is 0 Å². The molecule has 0 amide bonds. The van der Waals surface area contributed by atoms with Crippen molar-refractivity contribution < 1.29 is 36.6 Å². The first-order valence-corrected chi connectivity index (χ1v) is 14.2. The topological polar surface area (TPSA) is 151 Å². The number of hydrogen-bond donors (Lipinski definition) is 2. The molecule has 2 aromatic rings. The normalized spacial score (nSPS) is 12.8. The standard InChI is InChI=1S/C24H39BN4O8S/c1-6-34-18-20-17-29(28-27-20)12-7-15-38(32,33)36-14-13-35-21-10-8-19(9-11-21)16-22(26-25(5)31)23(30)37-24(2,3)4/h8-11,17,22,26,31H,6-7,12-16,18H2,1-5H3. The molecule has 0 aliphatic rings. The summed E-state index contributed by atoms with van der Waals surface area (Å²) in [6.07, 6.45) is 2.36. The smallest absolute Gasteiger partial charge is 0.374 e. The zero-order valence-electron chi connectivity index (χ0n) is 22.8. The first-order valence-electron chi connectivity index (χ1n) is 12.6. The van der Waals surface area contributed by atoms with Crippen LogP contribution in [-0.4, -0.2) is 78.7 Å². The number of benzene rings is 1. The molecule has 0 fully saturated rings. The highest BCUT2D eigenvalue weighted by Crippen LogP contribution is 2.16. The Morgan fingerprint density at radius 3 is 2.55 bits per heavy atom. The van der Waals surface area contributed by atoms with Crippen molar-refractivity contribution in [1.82, 2.24) is 20.2 Å². The average molecular weight is 554 g/mol. The van der Waals surface area contributed by atoms with Crippen molar-refractivity contribution >= 4 is 23.1 Å². The summed E-state index contributed by atoms with van der Waals surface area (Å²) in [5.74, 6) is -0.0763. The monoisotopic (exact) mass is 554 g/mol. The van der Waals surface area contributed by atoms with E-state index in [2.05, 4.69) is 15.5 Å². The quantitative estimate of drug-likeness (QED) is 0.127. The van der Waals surface area contributed by atoms with Crippen LogP contribution < -0.4 is 9.96 Å². The largest absolute Gasteiger partial charge is 0.491 e. The van der Waals surface area contributed by atoms with E-state index in [9.17, 15) is 18.2 Å². The van der Waals surface area contributed by atoms with Gasteiger partial charge in [0.25, 0.3) is 10.1 Å². The van der Waals surface area contributed by atoms with E-state index < -0.39 is 34.8 Å². The van der Waals surface area contributed by atoms with Crippen molar-refractivity contribution in [3.05, 3.63) is 41.7 Å². The Morgan fingerprint density at radius 2 is 1.92 bits per heavy atom. The van der Waals surface area contributed by atoms with Crippen molar-refractivity contribution in [2.75, 3.05) is 25.6 Å². The van der Waals surface area contributed by atoms with Gasteiger partial charge in [-0.1, -0.05) is 17.3 Å². The third-order valence-electron chi connectivity index (χ3n) is 4.93. The minimum Gasteiger partial charge on any atom is -0.491 e. The van der Waals surface area contributed by atoms with Crippen molar-refractivity contribution in [3.63, 3.8) is 0 Å². The Balaban J connectivity index is 1.73. The number of aryl methyl sites for hydroxylation is 1. The Morgan fingerprint density at radius 1 is 1.21 bits per heavy atom. The molecular weight excluding hydrogens is 515 g/mol. The maximum absolute atomic E-state index is 12.5. The molecule has 1 heterocycles. The predicted molar refractivity (Wildman–Crippen MR) is 142 cm³/mol. The number of aromatic nitrogens is 3. The van der Waals surface area contributed by atoms with Gasteiger partial charge in [0.15, 0.2) is 0 Å². The number of esters is 1. The molecule has 0 spiro atoms. The molecule has 12 nitrogen and oxygen atoms in total. The second-order valence-electron chi connectivity index (χ2n) is 9.67. The van der Waals surface area contributed by atoms with Crippen molar-refractivity contribution in [2.24, 2.45) is 0 Å². The van der Waals surface area contributed by atoms with Gasteiger partial charge in [0, 0.05) is 13.2 Å². The Kier molecular flexibility index (Phi) is 12.7. The molecule has 38 heavy (non-hydrogen) atoms. The Hall–Kier alpha value is -2.52. The minimum absolute atomic E-state index is 0.0482. The second-order valence-corrected chi connectivity index (χ2v) is 11.4. The summed E-state index contributed by atoms with van der Waals surface area (Å²) in [6, 6.07) is 6.30. The highest BCUT2D eigenvalue weighted by atomic mass is 32.2. The van der Waals surface area contributed by atoms with Gasteiger partial charge in [-0.25, -0.2) is 0 Å². The number of rotatable bonds is 17. The molecule has 212 valence electrons. The highest BCUT2D eigenvalue weighted by Gasteiger charge is 2.27. The van der Waals surface area contributed by atoms with Gasteiger partial charge in [-0.15, -0.1) is 5.10 Å². The average Bonchev–Trinajstić information content (AvgIpc) is 3.27. The van der Waals surface area contributed by atoms with Gasteiger partial charge < -0.3 is 24.5 Å². The lowest BCUT2D eigenvalue weighted by Gasteiger charge is -2.25. The zero-order valence-corrected chi connectivity index (χ0v) is 23.6. The highest BCUT2D eigenvalue weighted by molar-refractivity contribution is 7.86. The first kappa shape index (κ1) is 31.7. The van der Waals surface area contributed by atoms with Crippen LogP contribution >= 0.6 is 0 Å². The fourth-order valence-corrected chi connectivity index (χ4v) is 4.26. The number of ether oxygens (including phenoxy) is 3. The van der Waals surface area contributed by atoms with E-state index in [4.69, 9.17) is 18.4 Å². The molecule has 0 saturated carbocycles. The molecule has 14 heteroatoms.